The molecule has 1 aromatic heterocycles. The smallest absolute Gasteiger partial charge is 0.227 e. The molecule has 0 atom stereocenters. The predicted molar refractivity (Wildman–Crippen MR) is 183 cm³/mol. The number of aromatic nitrogens is 2. The van der Waals surface area contributed by atoms with Crippen LogP contribution in [0.4, 0.5) is 87.8 Å². The summed E-state index contributed by atoms with van der Waals surface area (Å²) in [6, 6.07) is 9.04. The quantitative estimate of drug-likeness (QED) is 0.0318. The second-order valence-corrected chi connectivity index (χ2v) is 13.1. The van der Waals surface area contributed by atoms with Gasteiger partial charge in [0.2, 0.25) is 12.3 Å². The molecular formula is C38H13BF20N2O2S. The molecule has 0 radical (unpaired) electrons. The Balaban J connectivity index is 0.000000337. The zero-order chi connectivity index (χ0) is 48.0. The zero-order valence-corrected chi connectivity index (χ0v) is 31.2. The maximum absolute atomic E-state index is 15.4. The van der Waals surface area contributed by atoms with Crippen molar-refractivity contribution in [2.75, 3.05) is 5.75 Å². The van der Waals surface area contributed by atoms with E-state index >= 15 is 35.1 Å². The highest BCUT2D eigenvalue weighted by Crippen LogP contribution is 2.30. The van der Waals surface area contributed by atoms with Gasteiger partial charge in [0.1, 0.15) is 52.7 Å². The molecule has 0 fully saturated rings. The van der Waals surface area contributed by atoms with E-state index in [9.17, 15) is 62.3 Å². The number of benzene rings is 5. The van der Waals surface area contributed by atoms with Crippen molar-refractivity contribution in [1.82, 2.24) is 4.98 Å². The van der Waals surface area contributed by atoms with Crippen LogP contribution in [0.5, 0.6) is 0 Å². The summed E-state index contributed by atoms with van der Waals surface area (Å²) in [5.74, 6) is -71.5. The van der Waals surface area contributed by atoms with Gasteiger partial charge in [0.15, 0.2) is 93.7 Å². The molecule has 0 spiro atoms. The van der Waals surface area contributed by atoms with E-state index in [1.165, 1.54) is 6.20 Å². The summed E-state index contributed by atoms with van der Waals surface area (Å²) in [6.45, 7) is 0.180. The number of nitrogens with zero attached hydrogens (tertiary/aromatic N) is 2. The highest BCUT2D eigenvalue weighted by atomic mass is 32.1. The Bertz CT molecular complexity index is 2520. The van der Waals surface area contributed by atoms with Crippen LogP contribution < -0.4 is 26.4 Å². The number of ketones is 2. The first-order valence-corrected chi connectivity index (χ1v) is 17.3. The third-order valence-electron chi connectivity index (χ3n) is 9.32. The molecule has 64 heavy (non-hydrogen) atoms. The maximum Gasteiger partial charge on any atom is 0.227 e. The van der Waals surface area contributed by atoms with Crippen LogP contribution in [0.15, 0.2) is 48.9 Å². The standard InChI is InChI=1S/C24BF20.C14H12N2O2S/c26-5-1(6(27)14(35)21(42)13(5)34)25(2-7(28)15(36)22(43)16(37)8(2)29,3-9(30)17(38)23(44)18(39)10(3)31)4-11(32)19(40)24(45)20(41)12(4)33;17-13(11-4-2-1-3-5-11)9-16-7-6-15-12(8-16)14(18)10-19/h;1-8H,9-10H2/q-1;/p+1. The van der Waals surface area contributed by atoms with E-state index in [-0.39, 0.29) is 23.9 Å². The first-order valence-electron chi connectivity index (χ1n) is 16.7. The van der Waals surface area contributed by atoms with Crippen molar-refractivity contribution in [2.45, 2.75) is 6.54 Å². The van der Waals surface area contributed by atoms with E-state index < -0.39 is 144 Å². The van der Waals surface area contributed by atoms with E-state index in [4.69, 9.17) is 0 Å². The lowest BCUT2D eigenvalue weighted by Crippen LogP contribution is -2.81. The lowest BCUT2D eigenvalue weighted by atomic mass is 9.12. The van der Waals surface area contributed by atoms with Gasteiger partial charge in [-0.2, -0.15) is 17.2 Å². The largest absolute Gasteiger partial charge is 0.291 e. The summed E-state index contributed by atoms with van der Waals surface area (Å²) >= 11 is 3.92. The summed E-state index contributed by atoms with van der Waals surface area (Å²) in [5.41, 5.74) is -13.4. The minimum absolute atomic E-state index is 0.0129. The Morgan fingerprint density at radius 3 is 1.00 bits per heavy atom. The molecule has 336 valence electrons. The fourth-order valence-corrected chi connectivity index (χ4v) is 6.67. The third-order valence-corrected chi connectivity index (χ3v) is 9.61. The van der Waals surface area contributed by atoms with Crippen molar-refractivity contribution in [3.63, 3.8) is 0 Å². The van der Waals surface area contributed by atoms with E-state index in [0.717, 1.165) is 0 Å². The number of hydrogen-bond acceptors (Lipinski definition) is 4. The molecule has 5 aromatic carbocycles. The lowest BCUT2D eigenvalue weighted by molar-refractivity contribution is -0.683. The maximum atomic E-state index is 15.4. The molecule has 1 heterocycles. The molecule has 0 aliphatic heterocycles. The molecule has 0 amide bonds. The monoisotopic (exact) mass is 952 g/mol. The Labute approximate surface area is 347 Å². The minimum atomic E-state index is -7.22. The van der Waals surface area contributed by atoms with Crippen LogP contribution >= 0.6 is 12.6 Å². The third kappa shape index (κ3) is 7.80. The van der Waals surface area contributed by atoms with Gasteiger partial charge in [-0.1, -0.05) is 30.3 Å². The zero-order valence-electron chi connectivity index (χ0n) is 30.3. The van der Waals surface area contributed by atoms with Gasteiger partial charge >= 0.3 is 0 Å². The van der Waals surface area contributed by atoms with Crippen LogP contribution in [0, 0.1) is 116 Å². The highest BCUT2D eigenvalue weighted by Gasteiger charge is 2.52. The number of Topliss-reactive ketones (excluding diaryl/α,β-unsaturated/α-hetero) is 2. The predicted octanol–water partition coefficient (Wildman–Crippen LogP) is 7.21. The molecule has 0 aliphatic carbocycles. The highest BCUT2D eigenvalue weighted by molar-refractivity contribution is 7.81. The van der Waals surface area contributed by atoms with Crippen LogP contribution in [0.3, 0.4) is 0 Å². The average molecular weight is 952 g/mol. The first kappa shape index (κ1) is 48.6. The van der Waals surface area contributed by atoms with Crippen LogP contribution in [0.2, 0.25) is 0 Å². The molecule has 6 rings (SSSR count). The normalized spacial score (nSPS) is 11.5. The molecule has 0 saturated carbocycles. The lowest BCUT2D eigenvalue weighted by Gasteiger charge is -2.44. The number of thiol groups is 1. The fraction of sp³-hybridized carbons (Fsp3) is 0.0526. The minimum Gasteiger partial charge on any atom is -0.291 e. The summed E-state index contributed by atoms with van der Waals surface area (Å²) in [7, 11) is 0. The SMILES string of the molecule is Fc1c(F)c(F)c([B-](c2c(F)c(F)c(F)c(F)c2F)(c2c(F)c(F)c(F)c(F)c2F)c2c(F)c(F)c(F)c(F)c2F)c(F)c1F.O=C(C[n+]1ccnc(C(=O)CS)c1)c1ccccc1. The summed E-state index contributed by atoms with van der Waals surface area (Å²) < 4.78 is 296. The Morgan fingerprint density at radius 1 is 0.438 bits per heavy atom. The van der Waals surface area contributed by atoms with Gasteiger partial charge in [-0.25, -0.2) is 92.8 Å². The fourth-order valence-electron chi connectivity index (χ4n) is 6.51. The van der Waals surface area contributed by atoms with E-state index in [2.05, 4.69) is 17.6 Å². The van der Waals surface area contributed by atoms with E-state index in [1.807, 2.05) is 18.2 Å². The van der Waals surface area contributed by atoms with Gasteiger partial charge < -0.3 is 0 Å². The molecule has 0 saturated heterocycles. The van der Waals surface area contributed by atoms with Crippen LogP contribution in [0.25, 0.3) is 0 Å². The van der Waals surface area contributed by atoms with Gasteiger partial charge in [0.25, 0.3) is 0 Å². The molecule has 6 aromatic rings. The first-order chi connectivity index (χ1) is 29.9. The van der Waals surface area contributed by atoms with Crippen molar-refractivity contribution in [3.05, 3.63) is 177 Å². The van der Waals surface area contributed by atoms with Crippen molar-refractivity contribution < 1.29 is 102 Å². The Hall–Kier alpha value is -6.47. The number of rotatable bonds is 9. The number of hydrogen-bond donors (Lipinski definition) is 1. The van der Waals surface area contributed by atoms with Gasteiger partial charge in [-0.15, -0.1) is 21.9 Å². The average Bonchev–Trinajstić information content (AvgIpc) is 3.29. The van der Waals surface area contributed by atoms with Crippen molar-refractivity contribution in [3.8, 4) is 0 Å². The molecule has 0 aliphatic rings. The summed E-state index contributed by atoms with van der Waals surface area (Å²) in [6.07, 6.45) is -2.48. The summed E-state index contributed by atoms with van der Waals surface area (Å²) in [4.78, 5) is 27.5. The molecular weight excluding hydrogens is 939 g/mol. The Kier molecular flexibility index (Phi) is 13.9. The number of halogens is 20. The Morgan fingerprint density at radius 2 is 0.719 bits per heavy atom. The molecule has 4 nitrogen and oxygen atoms in total. The molecule has 26 heteroatoms. The van der Waals surface area contributed by atoms with Gasteiger partial charge in [-0.05, 0) is 0 Å². The molecule has 0 N–H and O–H groups in total. The van der Waals surface area contributed by atoms with Crippen LogP contribution in [-0.2, 0) is 6.54 Å². The van der Waals surface area contributed by atoms with Gasteiger partial charge in [-0.3, -0.25) is 9.59 Å². The molecule has 0 bridgehead atoms. The van der Waals surface area contributed by atoms with Crippen LogP contribution in [-0.4, -0.2) is 28.4 Å². The summed E-state index contributed by atoms with van der Waals surface area (Å²) in [5, 5.41) is 0. The number of carbonyl (C=O) groups excluding carboxylic acids is 2. The van der Waals surface area contributed by atoms with Crippen molar-refractivity contribution in [2.24, 2.45) is 0 Å². The second-order valence-electron chi connectivity index (χ2n) is 12.8. The molecule has 0 unspecified atom stereocenters. The second kappa shape index (κ2) is 18.3. The van der Waals surface area contributed by atoms with Crippen molar-refractivity contribution >= 4 is 52.2 Å². The number of carbonyl (C=O) groups is 2. The van der Waals surface area contributed by atoms with Crippen LogP contribution in [0.1, 0.15) is 20.8 Å². The van der Waals surface area contributed by atoms with E-state index in [0.29, 0.717) is 11.3 Å². The van der Waals surface area contributed by atoms with E-state index in [1.54, 1.807) is 29.1 Å². The van der Waals surface area contributed by atoms with Gasteiger partial charge in [0, 0.05) is 5.56 Å². The van der Waals surface area contributed by atoms with Gasteiger partial charge in [0.05, 0.1) is 11.9 Å². The van der Waals surface area contributed by atoms with Crippen molar-refractivity contribution in [1.29, 1.82) is 0 Å². The topological polar surface area (TPSA) is 50.9 Å².